The quantitative estimate of drug-likeness (QED) is 0.459. The molecule has 2 heteroatoms. The second kappa shape index (κ2) is 2.00. The minimum Gasteiger partial charge on any atom is -0.244 e. The second-order valence-electron chi connectivity index (χ2n) is 2.61. The third-order valence-corrected chi connectivity index (χ3v) is 1.65. The number of halogens is 2. The Labute approximate surface area is 47.9 Å². The van der Waals surface area contributed by atoms with Crippen LogP contribution in [0.2, 0.25) is 0 Å². The Kier molecular flexibility index (Phi) is 1.49. The first kappa shape index (κ1) is 5.99. The molecule has 0 amide bonds. The van der Waals surface area contributed by atoms with Gasteiger partial charge >= 0.3 is 0 Å². The van der Waals surface area contributed by atoms with Crippen LogP contribution in [0, 0.1) is 5.92 Å². The molecular formula is C6H10F2. The Bertz CT molecular complexity index is 72.6. The van der Waals surface area contributed by atoms with Crippen molar-refractivity contribution in [3.05, 3.63) is 0 Å². The highest BCUT2D eigenvalue weighted by atomic mass is 19.2. The molecule has 1 saturated carbocycles. The minimum atomic E-state index is -1.18. The molecule has 48 valence electrons. The van der Waals surface area contributed by atoms with Gasteiger partial charge in [0.25, 0.3) is 0 Å². The summed E-state index contributed by atoms with van der Waals surface area (Å²) in [6.45, 7) is 1.88. The van der Waals surface area contributed by atoms with E-state index in [2.05, 4.69) is 0 Å². The Morgan fingerprint density at radius 1 is 1.12 bits per heavy atom. The first-order valence-corrected chi connectivity index (χ1v) is 2.98. The van der Waals surface area contributed by atoms with Gasteiger partial charge in [-0.1, -0.05) is 6.92 Å². The number of alkyl halides is 2. The molecule has 0 bridgehead atoms. The van der Waals surface area contributed by atoms with E-state index >= 15 is 0 Å². The smallest absolute Gasteiger partial charge is 0.131 e. The van der Waals surface area contributed by atoms with Crippen LogP contribution in [0.25, 0.3) is 0 Å². The van der Waals surface area contributed by atoms with Crippen molar-refractivity contribution in [1.82, 2.24) is 0 Å². The molecular weight excluding hydrogens is 110 g/mol. The van der Waals surface area contributed by atoms with Crippen molar-refractivity contribution in [2.24, 2.45) is 5.92 Å². The van der Waals surface area contributed by atoms with Crippen LogP contribution in [0.3, 0.4) is 0 Å². The lowest BCUT2D eigenvalue weighted by molar-refractivity contribution is 0.199. The van der Waals surface area contributed by atoms with E-state index in [4.69, 9.17) is 0 Å². The SMILES string of the molecule is C[C@H]1C[C@@H](F)[C@@H](F)C1. The normalized spacial score (nSPS) is 47.6. The fourth-order valence-corrected chi connectivity index (χ4v) is 1.16. The predicted octanol–water partition coefficient (Wildman–Crippen LogP) is 2.09. The lowest BCUT2D eigenvalue weighted by Gasteiger charge is -1.96. The van der Waals surface area contributed by atoms with Gasteiger partial charge in [-0.25, -0.2) is 8.78 Å². The van der Waals surface area contributed by atoms with Crippen LogP contribution in [0.15, 0.2) is 0 Å². The highest BCUT2D eigenvalue weighted by Gasteiger charge is 2.31. The number of hydrogen-bond acceptors (Lipinski definition) is 0. The molecule has 0 N–H and O–H groups in total. The zero-order chi connectivity index (χ0) is 6.15. The first-order chi connectivity index (χ1) is 3.70. The van der Waals surface area contributed by atoms with Gasteiger partial charge in [0.2, 0.25) is 0 Å². The molecule has 0 aliphatic heterocycles. The summed E-state index contributed by atoms with van der Waals surface area (Å²) in [7, 11) is 0. The van der Waals surface area contributed by atoms with E-state index in [-0.39, 0.29) is 5.92 Å². The highest BCUT2D eigenvalue weighted by molar-refractivity contribution is 4.80. The number of rotatable bonds is 0. The molecule has 8 heavy (non-hydrogen) atoms. The van der Waals surface area contributed by atoms with Crippen LogP contribution in [0.1, 0.15) is 19.8 Å². The van der Waals surface area contributed by atoms with Gasteiger partial charge < -0.3 is 0 Å². The molecule has 0 unspecified atom stereocenters. The third-order valence-electron chi connectivity index (χ3n) is 1.65. The molecule has 0 aromatic rings. The molecule has 1 aliphatic carbocycles. The van der Waals surface area contributed by atoms with Gasteiger partial charge in [-0.3, -0.25) is 0 Å². The van der Waals surface area contributed by atoms with Crippen molar-refractivity contribution < 1.29 is 8.78 Å². The van der Waals surface area contributed by atoms with Gasteiger partial charge in [0.1, 0.15) is 12.3 Å². The van der Waals surface area contributed by atoms with Crippen molar-refractivity contribution in [2.75, 3.05) is 0 Å². The predicted molar refractivity (Wildman–Crippen MR) is 28.2 cm³/mol. The molecule has 0 aromatic heterocycles. The van der Waals surface area contributed by atoms with Crippen LogP contribution in [0.5, 0.6) is 0 Å². The molecule has 0 radical (unpaired) electrons. The van der Waals surface area contributed by atoms with E-state index in [0.29, 0.717) is 12.8 Å². The molecule has 0 spiro atoms. The standard InChI is InChI=1S/C6H10F2/c1-4-2-5(7)6(8)3-4/h4-6H,2-3H2,1H3/t4-,5+,6-. The number of hydrogen-bond donors (Lipinski definition) is 0. The molecule has 0 aromatic carbocycles. The monoisotopic (exact) mass is 120 g/mol. The van der Waals surface area contributed by atoms with Gasteiger partial charge in [-0.05, 0) is 18.8 Å². The lowest BCUT2D eigenvalue weighted by atomic mass is 10.1. The lowest BCUT2D eigenvalue weighted by Crippen LogP contribution is -2.06. The zero-order valence-electron chi connectivity index (χ0n) is 4.90. The Balaban J connectivity index is 2.39. The molecule has 3 atom stereocenters. The van der Waals surface area contributed by atoms with Gasteiger partial charge in [0.15, 0.2) is 0 Å². The van der Waals surface area contributed by atoms with E-state index in [1.807, 2.05) is 6.92 Å². The van der Waals surface area contributed by atoms with Crippen LogP contribution < -0.4 is 0 Å². The summed E-state index contributed by atoms with van der Waals surface area (Å²) in [6, 6.07) is 0. The summed E-state index contributed by atoms with van der Waals surface area (Å²) in [5.41, 5.74) is 0. The average Bonchev–Trinajstić information content (AvgIpc) is 1.85. The Morgan fingerprint density at radius 3 is 1.62 bits per heavy atom. The summed E-state index contributed by atoms with van der Waals surface area (Å²) in [4.78, 5) is 0. The van der Waals surface area contributed by atoms with Crippen molar-refractivity contribution in [3.63, 3.8) is 0 Å². The molecule has 0 nitrogen and oxygen atoms in total. The summed E-state index contributed by atoms with van der Waals surface area (Å²) < 4.78 is 24.4. The first-order valence-electron chi connectivity index (χ1n) is 2.98. The molecule has 1 rings (SSSR count). The van der Waals surface area contributed by atoms with Crippen LogP contribution >= 0.6 is 0 Å². The molecule has 0 heterocycles. The van der Waals surface area contributed by atoms with E-state index in [9.17, 15) is 8.78 Å². The minimum absolute atomic E-state index is 0.250. The molecule has 1 aliphatic rings. The third kappa shape index (κ3) is 0.984. The van der Waals surface area contributed by atoms with Gasteiger partial charge in [-0.2, -0.15) is 0 Å². The van der Waals surface area contributed by atoms with Gasteiger partial charge in [-0.15, -0.1) is 0 Å². The van der Waals surface area contributed by atoms with Crippen LogP contribution in [-0.4, -0.2) is 12.3 Å². The van der Waals surface area contributed by atoms with Crippen molar-refractivity contribution in [2.45, 2.75) is 32.1 Å². The van der Waals surface area contributed by atoms with Crippen LogP contribution in [0.4, 0.5) is 8.78 Å². The Morgan fingerprint density at radius 2 is 1.50 bits per heavy atom. The summed E-state index contributed by atoms with van der Waals surface area (Å²) in [5, 5.41) is 0. The largest absolute Gasteiger partial charge is 0.244 e. The fraction of sp³-hybridized carbons (Fsp3) is 1.00. The van der Waals surface area contributed by atoms with E-state index < -0.39 is 12.3 Å². The average molecular weight is 120 g/mol. The zero-order valence-corrected chi connectivity index (χ0v) is 4.90. The van der Waals surface area contributed by atoms with E-state index in [1.165, 1.54) is 0 Å². The fourth-order valence-electron chi connectivity index (χ4n) is 1.16. The van der Waals surface area contributed by atoms with Crippen molar-refractivity contribution in [1.29, 1.82) is 0 Å². The van der Waals surface area contributed by atoms with E-state index in [0.717, 1.165) is 0 Å². The topological polar surface area (TPSA) is 0 Å². The van der Waals surface area contributed by atoms with E-state index in [1.54, 1.807) is 0 Å². The van der Waals surface area contributed by atoms with Gasteiger partial charge in [0.05, 0.1) is 0 Å². The summed E-state index contributed by atoms with van der Waals surface area (Å²) in [6.07, 6.45) is -1.52. The van der Waals surface area contributed by atoms with Crippen molar-refractivity contribution in [3.8, 4) is 0 Å². The highest BCUT2D eigenvalue weighted by Crippen LogP contribution is 2.29. The maximum atomic E-state index is 12.2. The summed E-state index contributed by atoms with van der Waals surface area (Å²) in [5.74, 6) is 0.250. The van der Waals surface area contributed by atoms with Crippen LogP contribution in [-0.2, 0) is 0 Å². The van der Waals surface area contributed by atoms with Crippen molar-refractivity contribution >= 4 is 0 Å². The maximum absolute atomic E-state index is 12.2. The maximum Gasteiger partial charge on any atom is 0.131 e. The Hall–Kier alpha value is -0.140. The molecule has 1 fully saturated rings. The summed E-state index contributed by atoms with van der Waals surface area (Å²) >= 11 is 0. The van der Waals surface area contributed by atoms with Gasteiger partial charge in [0, 0.05) is 0 Å². The second-order valence-corrected chi connectivity index (χ2v) is 2.61. The molecule has 0 saturated heterocycles.